The Hall–Kier alpha value is -2.65. The Bertz CT molecular complexity index is 1190. The largest absolute Gasteiger partial charge is 0.497 e. The van der Waals surface area contributed by atoms with Gasteiger partial charge >= 0.3 is 0 Å². The molecule has 0 fully saturated rings. The molecule has 5 rings (SSSR count). The number of hydrogen-bond donors (Lipinski definition) is 0. The zero-order valence-corrected chi connectivity index (χ0v) is 18.0. The summed E-state index contributed by atoms with van der Waals surface area (Å²) < 4.78 is 5.38. The minimum absolute atomic E-state index is 0.760. The molecule has 0 saturated heterocycles. The maximum atomic E-state index is 5.38. The Morgan fingerprint density at radius 2 is 1.83 bits per heavy atom. The van der Waals surface area contributed by atoms with Gasteiger partial charge in [0.15, 0.2) is 0 Å². The molecule has 2 aromatic heterocycles. The molecule has 1 atom stereocenters. The number of ether oxygens (including phenoxy) is 1. The quantitative estimate of drug-likeness (QED) is 0.367. The van der Waals surface area contributed by atoms with Gasteiger partial charge in [0, 0.05) is 15.8 Å². The third kappa shape index (κ3) is 3.24. The van der Waals surface area contributed by atoms with Crippen molar-refractivity contribution in [2.75, 3.05) is 7.11 Å². The van der Waals surface area contributed by atoms with Crippen molar-refractivity contribution in [3.8, 4) is 28.1 Å². The first kappa shape index (κ1) is 18.4. The Morgan fingerprint density at radius 3 is 2.59 bits per heavy atom. The molecule has 2 aromatic carbocycles. The van der Waals surface area contributed by atoms with Crippen molar-refractivity contribution >= 4 is 21.6 Å². The summed E-state index contributed by atoms with van der Waals surface area (Å²) in [7, 11) is 1.71. The molecule has 1 aliphatic rings. The van der Waals surface area contributed by atoms with Gasteiger partial charge < -0.3 is 4.74 Å². The molecule has 0 aliphatic heterocycles. The first-order chi connectivity index (χ1) is 14.1. The predicted octanol–water partition coefficient (Wildman–Crippen LogP) is 7.07. The van der Waals surface area contributed by atoms with Gasteiger partial charge in [0.05, 0.1) is 12.8 Å². The molecule has 0 bridgehead atoms. The number of thiophene rings is 1. The van der Waals surface area contributed by atoms with E-state index in [9.17, 15) is 0 Å². The minimum Gasteiger partial charge on any atom is -0.497 e. The second kappa shape index (κ2) is 7.31. The fourth-order valence-corrected chi connectivity index (χ4v) is 5.85. The van der Waals surface area contributed by atoms with Crippen molar-refractivity contribution in [2.45, 2.75) is 33.1 Å². The molecule has 146 valence electrons. The Morgan fingerprint density at radius 1 is 1.03 bits per heavy atom. The topological polar surface area (TPSA) is 22.1 Å². The van der Waals surface area contributed by atoms with Crippen molar-refractivity contribution < 1.29 is 4.74 Å². The summed E-state index contributed by atoms with van der Waals surface area (Å²) >= 11 is 1.90. The molecular weight excluding hydrogens is 374 g/mol. The highest BCUT2D eigenvalue weighted by molar-refractivity contribution is 7.19. The summed E-state index contributed by atoms with van der Waals surface area (Å²) in [5.74, 6) is 1.65. The van der Waals surface area contributed by atoms with Crippen LogP contribution in [0.25, 0.3) is 32.6 Å². The molecule has 29 heavy (non-hydrogen) atoms. The molecule has 2 heterocycles. The predicted molar refractivity (Wildman–Crippen MR) is 123 cm³/mol. The van der Waals surface area contributed by atoms with E-state index in [2.05, 4.69) is 68.4 Å². The number of benzene rings is 2. The SMILES string of the molecule is COc1ccc(-c2cc(-c3ccccc3C)nc3sc4c(c23)CCC(C)C4)cc1. The first-order valence-corrected chi connectivity index (χ1v) is 11.1. The fourth-order valence-electron chi connectivity index (χ4n) is 4.44. The van der Waals surface area contributed by atoms with E-state index in [0.717, 1.165) is 23.8 Å². The van der Waals surface area contributed by atoms with E-state index >= 15 is 0 Å². The highest BCUT2D eigenvalue weighted by Gasteiger charge is 2.24. The monoisotopic (exact) mass is 399 g/mol. The molecular formula is C26H25NOS. The van der Waals surface area contributed by atoms with E-state index in [1.165, 1.54) is 55.8 Å². The van der Waals surface area contributed by atoms with Gasteiger partial charge in [-0.25, -0.2) is 4.98 Å². The summed E-state index contributed by atoms with van der Waals surface area (Å²) in [4.78, 5) is 7.86. The van der Waals surface area contributed by atoms with E-state index < -0.39 is 0 Å². The maximum absolute atomic E-state index is 5.38. The summed E-state index contributed by atoms with van der Waals surface area (Å²) in [6, 6.07) is 19.3. The molecule has 0 spiro atoms. The van der Waals surface area contributed by atoms with Gasteiger partial charge in [-0.1, -0.05) is 43.3 Å². The van der Waals surface area contributed by atoms with Crippen LogP contribution in [0.2, 0.25) is 0 Å². The highest BCUT2D eigenvalue weighted by Crippen LogP contribution is 2.43. The standard InChI is InChI=1S/C26H25NOS/c1-16-8-13-21-24(14-16)29-26-25(21)22(18-9-11-19(28-3)12-10-18)15-23(27-26)20-7-5-4-6-17(20)2/h4-7,9-12,15-16H,8,13-14H2,1-3H3. The van der Waals surface area contributed by atoms with E-state index in [1.807, 2.05) is 11.3 Å². The number of rotatable bonds is 3. The molecule has 0 saturated carbocycles. The number of pyridine rings is 1. The average Bonchev–Trinajstić information content (AvgIpc) is 3.10. The van der Waals surface area contributed by atoms with Crippen molar-refractivity contribution in [3.05, 3.63) is 70.6 Å². The van der Waals surface area contributed by atoms with Crippen LogP contribution in [-0.4, -0.2) is 12.1 Å². The number of hydrogen-bond acceptors (Lipinski definition) is 3. The van der Waals surface area contributed by atoms with Gasteiger partial charge in [0.2, 0.25) is 0 Å². The van der Waals surface area contributed by atoms with E-state index in [-0.39, 0.29) is 0 Å². The van der Waals surface area contributed by atoms with Crippen LogP contribution in [0.4, 0.5) is 0 Å². The number of aromatic nitrogens is 1. The van der Waals surface area contributed by atoms with Gasteiger partial charge in [-0.2, -0.15) is 0 Å². The normalized spacial score (nSPS) is 16.0. The van der Waals surface area contributed by atoms with Crippen LogP contribution in [0, 0.1) is 12.8 Å². The van der Waals surface area contributed by atoms with Crippen LogP contribution in [-0.2, 0) is 12.8 Å². The molecule has 1 aliphatic carbocycles. The molecule has 1 unspecified atom stereocenters. The molecule has 4 aromatic rings. The number of methoxy groups -OCH3 is 1. The van der Waals surface area contributed by atoms with Crippen molar-refractivity contribution in [3.63, 3.8) is 0 Å². The minimum atomic E-state index is 0.760. The molecule has 0 N–H and O–H groups in total. The number of fused-ring (bicyclic) bond motifs is 3. The lowest BCUT2D eigenvalue weighted by Gasteiger charge is -2.18. The molecule has 0 radical (unpaired) electrons. The van der Waals surface area contributed by atoms with Gasteiger partial charge in [-0.15, -0.1) is 11.3 Å². The van der Waals surface area contributed by atoms with Crippen LogP contribution < -0.4 is 4.74 Å². The molecule has 3 heteroatoms. The lowest BCUT2D eigenvalue weighted by Crippen LogP contribution is -2.08. The van der Waals surface area contributed by atoms with Crippen LogP contribution in [0.5, 0.6) is 5.75 Å². The number of nitrogens with zero attached hydrogens (tertiary/aromatic N) is 1. The highest BCUT2D eigenvalue weighted by atomic mass is 32.1. The van der Waals surface area contributed by atoms with Crippen LogP contribution in [0.15, 0.2) is 54.6 Å². The van der Waals surface area contributed by atoms with Crippen molar-refractivity contribution in [1.82, 2.24) is 4.98 Å². The second-order valence-corrected chi connectivity index (χ2v) is 9.21. The Kier molecular flexibility index (Phi) is 4.63. The van der Waals surface area contributed by atoms with Crippen molar-refractivity contribution in [2.24, 2.45) is 5.92 Å². The lowest BCUT2D eigenvalue weighted by atomic mass is 9.87. The van der Waals surface area contributed by atoms with Gasteiger partial charge in [-0.3, -0.25) is 0 Å². The number of aryl methyl sites for hydroxylation is 2. The third-order valence-electron chi connectivity index (χ3n) is 6.09. The smallest absolute Gasteiger partial charge is 0.125 e. The van der Waals surface area contributed by atoms with E-state index in [1.54, 1.807) is 7.11 Å². The Balaban J connectivity index is 1.78. The van der Waals surface area contributed by atoms with E-state index in [4.69, 9.17) is 9.72 Å². The van der Waals surface area contributed by atoms with Crippen LogP contribution >= 0.6 is 11.3 Å². The van der Waals surface area contributed by atoms with E-state index in [0.29, 0.717) is 0 Å². The lowest BCUT2D eigenvalue weighted by molar-refractivity contribution is 0.415. The first-order valence-electron chi connectivity index (χ1n) is 10.3. The summed E-state index contributed by atoms with van der Waals surface area (Å²) in [6.45, 7) is 4.53. The van der Waals surface area contributed by atoms with Gasteiger partial charge in [0.25, 0.3) is 0 Å². The van der Waals surface area contributed by atoms with Gasteiger partial charge in [0.1, 0.15) is 10.6 Å². The summed E-state index contributed by atoms with van der Waals surface area (Å²) in [5.41, 5.74) is 7.58. The summed E-state index contributed by atoms with van der Waals surface area (Å²) in [5, 5.41) is 1.36. The summed E-state index contributed by atoms with van der Waals surface area (Å²) in [6.07, 6.45) is 3.60. The van der Waals surface area contributed by atoms with Gasteiger partial charge in [-0.05, 0) is 72.6 Å². The van der Waals surface area contributed by atoms with Crippen LogP contribution in [0.1, 0.15) is 29.3 Å². The maximum Gasteiger partial charge on any atom is 0.125 e. The fraction of sp³-hybridized carbons (Fsp3) is 0.269. The zero-order valence-electron chi connectivity index (χ0n) is 17.2. The zero-order chi connectivity index (χ0) is 20.0. The van der Waals surface area contributed by atoms with Crippen molar-refractivity contribution in [1.29, 1.82) is 0 Å². The Labute approximate surface area is 176 Å². The molecule has 0 amide bonds. The average molecular weight is 400 g/mol. The second-order valence-electron chi connectivity index (χ2n) is 8.13. The molecule has 2 nitrogen and oxygen atoms in total. The van der Waals surface area contributed by atoms with Crippen LogP contribution in [0.3, 0.4) is 0 Å². The third-order valence-corrected chi connectivity index (χ3v) is 7.24.